The minimum absolute atomic E-state index is 0.105. The van der Waals surface area contributed by atoms with Gasteiger partial charge in [-0.3, -0.25) is 37.3 Å². The molecule has 5 atom stereocenters. The van der Waals surface area contributed by atoms with Crippen molar-refractivity contribution in [3.05, 3.63) is 0 Å². The summed E-state index contributed by atoms with van der Waals surface area (Å²) < 4.78 is 68.4. The Morgan fingerprint density at radius 1 is 0.297 bits per heavy atom. The van der Waals surface area contributed by atoms with Gasteiger partial charge in [-0.05, 0) is 37.5 Å². The monoisotopic (exact) mass is 1340 g/mol. The van der Waals surface area contributed by atoms with Crippen LogP contribution in [-0.4, -0.2) is 96.7 Å². The number of aliphatic hydroxyl groups excluding tert-OH is 1. The maximum atomic E-state index is 13.0. The third-order valence-corrected chi connectivity index (χ3v) is 18.6. The largest absolute Gasteiger partial charge is 0.472 e. The predicted molar refractivity (Wildman–Crippen MR) is 368 cm³/mol. The molecule has 0 amide bonds. The first-order chi connectivity index (χ1) is 43.9. The van der Waals surface area contributed by atoms with Gasteiger partial charge in [-0.1, -0.05) is 318 Å². The first-order valence-corrected chi connectivity index (χ1v) is 40.5. The minimum atomic E-state index is -4.95. The normalized spacial score (nSPS) is 14.1. The number of phosphoric acid groups is 2. The fourth-order valence-electron chi connectivity index (χ4n) is 10.9. The van der Waals surface area contributed by atoms with Crippen molar-refractivity contribution in [3.8, 4) is 0 Å². The number of esters is 4. The Morgan fingerprint density at radius 3 is 0.747 bits per heavy atom. The molecule has 0 aromatic rings. The van der Waals surface area contributed by atoms with Crippen LogP contribution in [0.3, 0.4) is 0 Å². The third-order valence-electron chi connectivity index (χ3n) is 16.7. The van der Waals surface area contributed by atoms with Gasteiger partial charge < -0.3 is 33.8 Å². The highest BCUT2D eigenvalue weighted by Gasteiger charge is 2.30. The van der Waals surface area contributed by atoms with Crippen molar-refractivity contribution in [2.45, 2.75) is 387 Å². The first-order valence-electron chi connectivity index (χ1n) is 37.5. The average molecular weight is 1340 g/mol. The topological polar surface area (TPSA) is 237 Å². The Morgan fingerprint density at radius 2 is 0.505 bits per heavy atom. The molecular weight excluding hydrogens is 1200 g/mol. The molecule has 2 unspecified atom stereocenters. The summed E-state index contributed by atoms with van der Waals surface area (Å²) in [6.45, 7) is 9.49. The fourth-order valence-corrected chi connectivity index (χ4v) is 12.5. The predicted octanol–water partition coefficient (Wildman–Crippen LogP) is 20.8. The Kier molecular flexibility index (Phi) is 62.7. The van der Waals surface area contributed by atoms with Crippen LogP contribution in [0.15, 0.2) is 0 Å². The molecule has 0 heterocycles. The maximum Gasteiger partial charge on any atom is 0.472 e. The lowest BCUT2D eigenvalue weighted by molar-refractivity contribution is -0.161. The lowest BCUT2D eigenvalue weighted by Crippen LogP contribution is -2.30. The molecule has 0 aliphatic heterocycles. The highest BCUT2D eigenvalue weighted by Crippen LogP contribution is 2.45. The molecule has 0 radical (unpaired) electrons. The summed E-state index contributed by atoms with van der Waals surface area (Å²) in [6, 6.07) is 0. The Balaban J connectivity index is 5.25. The van der Waals surface area contributed by atoms with E-state index in [9.17, 15) is 43.2 Å². The zero-order valence-electron chi connectivity index (χ0n) is 59.1. The van der Waals surface area contributed by atoms with E-state index in [1.807, 2.05) is 0 Å². The molecule has 0 fully saturated rings. The van der Waals surface area contributed by atoms with E-state index in [0.717, 1.165) is 102 Å². The van der Waals surface area contributed by atoms with E-state index >= 15 is 0 Å². The van der Waals surface area contributed by atoms with E-state index in [1.165, 1.54) is 180 Å². The lowest BCUT2D eigenvalue weighted by Gasteiger charge is -2.21. The summed E-state index contributed by atoms with van der Waals surface area (Å²) >= 11 is 0. The van der Waals surface area contributed by atoms with Crippen LogP contribution in [-0.2, 0) is 65.4 Å². The number of aliphatic hydroxyl groups is 1. The van der Waals surface area contributed by atoms with Crippen LogP contribution in [0, 0.1) is 11.8 Å². The zero-order chi connectivity index (χ0) is 67.2. The summed E-state index contributed by atoms with van der Waals surface area (Å²) in [5.74, 6) is -0.679. The van der Waals surface area contributed by atoms with E-state index in [-0.39, 0.29) is 25.7 Å². The molecule has 0 aliphatic rings. The van der Waals surface area contributed by atoms with Crippen LogP contribution in [0.25, 0.3) is 0 Å². The van der Waals surface area contributed by atoms with Crippen LogP contribution in [0.5, 0.6) is 0 Å². The molecule has 0 saturated heterocycles. The van der Waals surface area contributed by atoms with Gasteiger partial charge in [0.25, 0.3) is 0 Å². The summed E-state index contributed by atoms with van der Waals surface area (Å²) in [5.41, 5.74) is 0. The molecule has 91 heavy (non-hydrogen) atoms. The van der Waals surface area contributed by atoms with Crippen molar-refractivity contribution in [1.82, 2.24) is 0 Å². The summed E-state index contributed by atoms with van der Waals surface area (Å²) in [7, 11) is -9.90. The van der Waals surface area contributed by atoms with Crippen LogP contribution in [0.2, 0.25) is 0 Å². The second-order valence-corrected chi connectivity index (χ2v) is 29.8. The van der Waals surface area contributed by atoms with Gasteiger partial charge in [0, 0.05) is 25.7 Å². The molecule has 3 N–H and O–H groups in total. The molecule has 19 heteroatoms. The fraction of sp³-hybridized carbons (Fsp3) is 0.944. The quantitative estimate of drug-likeness (QED) is 0.0222. The van der Waals surface area contributed by atoms with Gasteiger partial charge in [0.1, 0.15) is 19.3 Å². The molecule has 0 aromatic heterocycles. The standard InChI is InChI=1S/C72H140O17P2/c1-7-9-11-13-15-17-19-21-23-25-27-31-37-44-50-56-71(76)88-67(60-82-69(74)54-48-42-36-30-26-24-22-20-18-16-14-12-10-8-2)62-86-90(78,79)84-58-66(73)59-85-91(80,81)87-63-68(61-83-70(75)55-49-43-39-33-35-41-47-53-65(5)6)89-72(77)57-51-45-38-32-28-29-34-40-46-52-64(3)4/h64-68,73H,7-63H2,1-6H3,(H,78,79)(H,80,81)/t66-,67-,68-/m1/s1. The van der Waals surface area contributed by atoms with Crippen LogP contribution < -0.4 is 0 Å². The lowest BCUT2D eigenvalue weighted by atomic mass is 10.0. The molecule has 540 valence electrons. The van der Waals surface area contributed by atoms with E-state index in [0.29, 0.717) is 31.6 Å². The minimum Gasteiger partial charge on any atom is -0.462 e. The van der Waals surface area contributed by atoms with Crippen molar-refractivity contribution >= 4 is 39.5 Å². The van der Waals surface area contributed by atoms with Gasteiger partial charge in [0.05, 0.1) is 26.4 Å². The number of carbonyl (C=O) groups is 4. The second-order valence-electron chi connectivity index (χ2n) is 26.9. The van der Waals surface area contributed by atoms with E-state index in [4.69, 9.17) is 37.0 Å². The van der Waals surface area contributed by atoms with E-state index in [1.54, 1.807) is 0 Å². The van der Waals surface area contributed by atoms with E-state index < -0.39 is 97.5 Å². The number of unbranched alkanes of at least 4 members (excludes halogenated alkanes) is 41. The summed E-state index contributed by atoms with van der Waals surface area (Å²) in [4.78, 5) is 72.6. The molecule has 17 nitrogen and oxygen atoms in total. The number of carbonyl (C=O) groups excluding carboxylic acids is 4. The van der Waals surface area contributed by atoms with Crippen LogP contribution >= 0.6 is 15.6 Å². The first kappa shape index (κ1) is 89.1. The van der Waals surface area contributed by atoms with E-state index in [2.05, 4.69) is 41.5 Å². The molecular formula is C72H140O17P2. The van der Waals surface area contributed by atoms with Gasteiger partial charge in [-0.25, -0.2) is 9.13 Å². The van der Waals surface area contributed by atoms with Crippen LogP contribution in [0.1, 0.15) is 369 Å². The smallest absolute Gasteiger partial charge is 0.462 e. The van der Waals surface area contributed by atoms with Crippen molar-refractivity contribution < 1.29 is 80.2 Å². The van der Waals surface area contributed by atoms with Gasteiger partial charge in [0.2, 0.25) is 0 Å². The van der Waals surface area contributed by atoms with Gasteiger partial charge in [-0.2, -0.15) is 0 Å². The zero-order valence-corrected chi connectivity index (χ0v) is 60.9. The number of hydrogen-bond donors (Lipinski definition) is 3. The van der Waals surface area contributed by atoms with Gasteiger partial charge in [-0.15, -0.1) is 0 Å². The Labute approximate surface area is 556 Å². The van der Waals surface area contributed by atoms with Gasteiger partial charge >= 0.3 is 39.5 Å². The highest BCUT2D eigenvalue weighted by atomic mass is 31.2. The third kappa shape index (κ3) is 66.5. The number of rotatable bonds is 71. The summed E-state index contributed by atoms with van der Waals surface area (Å²) in [5, 5.41) is 10.6. The molecule has 0 bridgehead atoms. The molecule has 0 aliphatic carbocycles. The summed E-state index contributed by atoms with van der Waals surface area (Å²) in [6.07, 6.45) is 49.9. The molecule has 0 saturated carbocycles. The van der Waals surface area contributed by atoms with Crippen molar-refractivity contribution in [2.75, 3.05) is 39.6 Å². The Hall–Kier alpha value is -1.94. The second kappa shape index (κ2) is 64.1. The number of hydrogen-bond acceptors (Lipinski definition) is 15. The highest BCUT2D eigenvalue weighted by molar-refractivity contribution is 7.47. The van der Waals surface area contributed by atoms with Crippen molar-refractivity contribution in [3.63, 3.8) is 0 Å². The number of ether oxygens (including phenoxy) is 4. The van der Waals surface area contributed by atoms with Crippen molar-refractivity contribution in [2.24, 2.45) is 11.8 Å². The van der Waals surface area contributed by atoms with Crippen LogP contribution in [0.4, 0.5) is 0 Å². The van der Waals surface area contributed by atoms with Crippen molar-refractivity contribution in [1.29, 1.82) is 0 Å². The number of phosphoric ester groups is 2. The molecule has 0 rings (SSSR count). The van der Waals surface area contributed by atoms with Gasteiger partial charge in [0.15, 0.2) is 12.2 Å². The SMILES string of the molecule is CCCCCCCCCCCCCCCCCC(=O)O[C@H](COC(=O)CCCCCCCCCCCCCCCC)COP(=O)(O)OC[C@@H](O)COP(=O)(O)OC[C@@H](COC(=O)CCCCCCCCCC(C)C)OC(=O)CCCCCCCCCCCC(C)C. The average Bonchev–Trinajstić information content (AvgIpc) is 3.33. The molecule has 0 aromatic carbocycles. The maximum absolute atomic E-state index is 13.0. The Bertz CT molecular complexity index is 1770. The molecule has 0 spiro atoms.